The van der Waals surface area contributed by atoms with Crippen molar-refractivity contribution in [2.45, 2.75) is 18.6 Å². The van der Waals surface area contributed by atoms with Gasteiger partial charge in [0.1, 0.15) is 6.54 Å². The van der Waals surface area contributed by atoms with Crippen LogP contribution < -0.4 is 0 Å². The third-order valence-corrected chi connectivity index (χ3v) is 4.04. The van der Waals surface area contributed by atoms with Gasteiger partial charge in [0.05, 0.1) is 5.75 Å². The third-order valence-electron chi connectivity index (χ3n) is 2.64. The van der Waals surface area contributed by atoms with Gasteiger partial charge in [0.2, 0.25) is 0 Å². The minimum atomic E-state index is -1.05. The minimum absolute atomic E-state index is 0.213. The molecule has 0 aliphatic heterocycles. The summed E-state index contributed by atoms with van der Waals surface area (Å²) in [5, 5.41) is 26.0. The Morgan fingerprint density at radius 2 is 1.95 bits per heavy atom. The van der Waals surface area contributed by atoms with Gasteiger partial charge in [0.15, 0.2) is 11.0 Å². The number of carbonyl (C=O) groups is 2. The number of aliphatic carboxylic acids is 2. The van der Waals surface area contributed by atoms with Crippen molar-refractivity contribution in [1.29, 1.82) is 0 Å². The van der Waals surface area contributed by atoms with Crippen molar-refractivity contribution in [2.75, 3.05) is 5.75 Å². The van der Waals surface area contributed by atoms with Crippen LogP contribution >= 0.6 is 27.7 Å². The number of hydrogen-bond donors (Lipinski definition) is 2. The molecule has 0 fully saturated rings. The Labute approximate surface area is 138 Å². The molecule has 116 valence electrons. The van der Waals surface area contributed by atoms with Crippen molar-refractivity contribution in [3.05, 3.63) is 28.2 Å². The number of aryl methyl sites for hydroxylation is 1. The Morgan fingerprint density at radius 1 is 1.23 bits per heavy atom. The summed E-state index contributed by atoms with van der Waals surface area (Å²) in [6.45, 7) is 1.57. The van der Waals surface area contributed by atoms with Crippen LogP contribution in [0, 0.1) is 6.92 Å². The summed E-state index contributed by atoms with van der Waals surface area (Å²) in [6.07, 6.45) is 0. The van der Waals surface area contributed by atoms with Crippen LogP contribution in [-0.2, 0) is 16.1 Å². The van der Waals surface area contributed by atoms with Crippen LogP contribution in [-0.4, -0.2) is 42.7 Å². The van der Waals surface area contributed by atoms with E-state index in [0.717, 1.165) is 21.8 Å². The lowest BCUT2D eigenvalue weighted by Crippen LogP contribution is -2.12. The number of rotatable bonds is 6. The minimum Gasteiger partial charge on any atom is -0.481 e. The van der Waals surface area contributed by atoms with E-state index in [1.54, 1.807) is 6.07 Å². The molecule has 0 bridgehead atoms. The molecule has 0 spiro atoms. The summed E-state index contributed by atoms with van der Waals surface area (Å²) in [5.41, 5.74) is 1.69. The van der Waals surface area contributed by atoms with Crippen LogP contribution in [0.2, 0.25) is 0 Å². The first-order chi connectivity index (χ1) is 10.4. The van der Waals surface area contributed by atoms with Crippen molar-refractivity contribution in [1.82, 2.24) is 14.8 Å². The first-order valence-corrected chi connectivity index (χ1v) is 7.92. The fraction of sp³-hybridized carbons (Fsp3) is 0.231. The van der Waals surface area contributed by atoms with Gasteiger partial charge < -0.3 is 10.2 Å². The van der Waals surface area contributed by atoms with Gasteiger partial charge in [-0.15, -0.1) is 10.2 Å². The van der Waals surface area contributed by atoms with E-state index in [4.69, 9.17) is 10.2 Å². The normalized spacial score (nSPS) is 10.6. The van der Waals surface area contributed by atoms with Gasteiger partial charge >= 0.3 is 11.9 Å². The SMILES string of the molecule is Cc1cc(Br)cc(-c2nnc(SCC(=O)O)n2CC(=O)O)c1. The molecule has 0 saturated heterocycles. The molecule has 0 aliphatic carbocycles. The van der Waals surface area contributed by atoms with Crippen LogP contribution in [0.25, 0.3) is 11.4 Å². The molecule has 0 radical (unpaired) electrons. The molecule has 0 aliphatic rings. The van der Waals surface area contributed by atoms with Gasteiger partial charge in [-0.3, -0.25) is 14.2 Å². The van der Waals surface area contributed by atoms with Gasteiger partial charge in [0, 0.05) is 10.0 Å². The predicted molar refractivity (Wildman–Crippen MR) is 83.9 cm³/mol. The van der Waals surface area contributed by atoms with E-state index >= 15 is 0 Å². The Morgan fingerprint density at radius 3 is 2.55 bits per heavy atom. The van der Waals surface area contributed by atoms with Gasteiger partial charge in [-0.25, -0.2) is 0 Å². The van der Waals surface area contributed by atoms with E-state index in [1.807, 2.05) is 19.1 Å². The highest BCUT2D eigenvalue weighted by molar-refractivity contribution is 9.10. The van der Waals surface area contributed by atoms with E-state index in [0.29, 0.717) is 11.4 Å². The van der Waals surface area contributed by atoms with Gasteiger partial charge in [0.25, 0.3) is 0 Å². The highest BCUT2D eigenvalue weighted by atomic mass is 79.9. The van der Waals surface area contributed by atoms with Gasteiger partial charge in [-0.2, -0.15) is 0 Å². The number of carboxylic acids is 2. The molecule has 9 heteroatoms. The zero-order chi connectivity index (χ0) is 16.3. The van der Waals surface area contributed by atoms with Crippen LogP contribution in [0.5, 0.6) is 0 Å². The molecule has 1 heterocycles. The van der Waals surface area contributed by atoms with Gasteiger partial charge in [-0.1, -0.05) is 27.7 Å². The maximum atomic E-state index is 11.1. The molecule has 0 unspecified atom stereocenters. The largest absolute Gasteiger partial charge is 0.481 e. The molecule has 1 aromatic carbocycles. The summed E-state index contributed by atoms with van der Waals surface area (Å²) < 4.78 is 2.24. The maximum Gasteiger partial charge on any atom is 0.323 e. The lowest BCUT2D eigenvalue weighted by Gasteiger charge is -2.08. The summed E-state index contributed by atoms with van der Waals surface area (Å²) in [4.78, 5) is 21.7. The first-order valence-electron chi connectivity index (χ1n) is 6.14. The van der Waals surface area contributed by atoms with Crippen LogP contribution in [0.1, 0.15) is 5.56 Å². The highest BCUT2D eigenvalue weighted by Crippen LogP contribution is 2.27. The molecule has 2 N–H and O–H groups in total. The number of halogens is 1. The zero-order valence-electron chi connectivity index (χ0n) is 11.5. The summed E-state index contributed by atoms with van der Waals surface area (Å²) >= 11 is 4.32. The molecular weight excluding hydrogens is 374 g/mol. The van der Waals surface area contributed by atoms with E-state index in [2.05, 4.69) is 26.1 Å². The fourth-order valence-corrected chi connectivity index (χ4v) is 3.14. The molecule has 2 aromatic rings. The molecule has 0 saturated carbocycles. The number of hydrogen-bond acceptors (Lipinski definition) is 5. The summed E-state index contributed by atoms with van der Waals surface area (Å²) in [5.74, 6) is -1.88. The highest BCUT2D eigenvalue weighted by Gasteiger charge is 2.18. The number of thioether (sulfide) groups is 1. The quantitative estimate of drug-likeness (QED) is 0.734. The van der Waals surface area contributed by atoms with Crippen molar-refractivity contribution in [3.8, 4) is 11.4 Å². The zero-order valence-corrected chi connectivity index (χ0v) is 13.9. The Bertz CT molecular complexity index is 712. The first kappa shape index (κ1) is 16.5. The Hall–Kier alpha value is -1.87. The summed E-state index contributed by atoms with van der Waals surface area (Å²) in [6, 6.07) is 5.58. The van der Waals surface area contributed by atoms with Crippen LogP contribution in [0.3, 0.4) is 0 Å². The van der Waals surface area contributed by atoms with Crippen molar-refractivity contribution in [2.24, 2.45) is 0 Å². The average Bonchev–Trinajstić information content (AvgIpc) is 2.77. The topological polar surface area (TPSA) is 105 Å². The third kappa shape index (κ3) is 4.08. The predicted octanol–water partition coefficient (Wildman–Crippen LogP) is 2.28. The average molecular weight is 386 g/mol. The van der Waals surface area contributed by atoms with E-state index in [1.165, 1.54) is 4.57 Å². The molecule has 7 nitrogen and oxygen atoms in total. The van der Waals surface area contributed by atoms with Crippen molar-refractivity contribution < 1.29 is 19.8 Å². The fourth-order valence-electron chi connectivity index (χ4n) is 1.88. The second-order valence-corrected chi connectivity index (χ2v) is 6.34. The van der Waals surface area contributed by atoms with Crippen molar-refractivity contribution >= 4 is 39.6 Å². The standard InChI is InChI=1S/C13H12BrN3O4S/c1-7-2-8(4-9(14)3-7)12-15-16-13(22-6-11(20)21)17(12)5-10(18)19/h2-4H,5-6H2,1H3,(H,18,19)(H,20,21). The molecular formula is C13H12BrN3O4S. The molecule has 0 amide bonds. The van der Waals surface area contributed by atoms with Crippen LogP contribution in [0.15, 0.2) is 27.8 Å². The molecule has 0 atom stereocenters. The number of carboxylic acid groups (broad SMARTS) is 2. The lowest BCUT2D eigenvalue weighted by molar-refractivity contribution is -0.138. The maximum absolute atomic E-state index is 11.1. The smallest absolute Gasteiger partial charge is 0.323 e. The summed E-state index contributed by atoms with van der Waals surface area (Å²) in [7, 11) is 0. The van der Waals surface area contributed by atoms with Crippen molar-refractivity contribution in [3.63, 3.8) is 0 Å². The van der Waals surface area contributed by atoms with E-state index < -0.39 is 11.9 Å². The number of aromatic nitrogens is 3. The second-order valence-electron chi connectivity index (χ2n) is 4.49. The Balaban J connectivity index is 2.45. The number of benzene rings is 1. The van der Waals surface area contributed by atoms with E-state index in [-0.39, 0.29) is 17.5 Å². The molecule has 1 aromatic heterocycles. The monoisotopic (exact) mass is 385 g/mol. The van der Waals surface area contributed by atoms with Crippen LogP contribution in [0.4, 0.5) is 0 Å². The van der Waals surface area contributed by atoms with E-state index in [9.17, 15) is 9.59 Å². The molecule has 2 rings (SSSR count). The lowest BCUT2D eigenvalue weighted by atomic mass is 10.1. The number of nitrogens with zero attached hydrogens (tertiary/aromatic N) is 3. The van der Waals surface area contributed by atoms with Gasteiger partial charge in [-0.05, 0) is 30.7 Å². The second kappa shape index (κ2) is 6.93. The Kier molecular flexibility index (Phi) is 5.19. The molecule has 22 heavy (non-hydrogen) atoms.